The SMILES string of the molecule is CCC(C)(C)NC(=O)c1ccccc1C#CCCO. The second-order valence-corrected chi connectivity index (χ2v) is 5.01. The van der Waals surface area contributed by atoms with Crippen molar-refractivity contribution in [2.45, 2.75) is 39.2 Å². The first-order valence-corrected chi connectivity index (χ1v) is 6.51. The molecule has 0 aromatic heterocycles. The number of carbonyl (C=O) groups excluding carboxylic acids is 1. The van der Waals surface area contributed by atoms with E-state index < -0.39 is 0 Å². The van der Waals surface area contributed by atoms with Crippen LogP contribution in [-0.2, 0) is 0 Å². The number of carbonyl (C=O) groups is 1. The Labute approximate surface area is 115 Å². The van der Waals surface area contributed by atoms with E-state index in [2.05, 4.69) is 17.2 Å². The van der Waals surface area contributed by atoms with Gasteiger partial charge < -0.3 is 10.4 Å². The Morgan fingerprint density at radius 3 is 2.68 bits per heavy atom. The van der Waals surface area contributed by atoms with E-state index in [1.807, 2.05) is 39.0 Å². The van der Waals surface area contributed by atoms with Crippen molar-refractivity contribution in [3.05, 3.63) is 35.4 Å². The molecule has 1 aromatic rings. The van der Waals surface area contributed by atoms with Crippen molar-refractivity contribution >= 4 is 5.91 Å². The van der Waals surface area contributed by atoms with Crippen molar-refractivity contribution in [2.24, 2.45) is 0 Å². The molecule has 1 amide bonds. The zero-order valence-corrected chi connectivity index (χ0v) is 11.8. The highest BCUT2D eigenvalue weighted by Crippen LogP contribution is 2.12. The summed E-state index contributed by atoms with van der Waals surface area (Å²) < 4.78 is 0. The Hall–Kier alpha value is -1.79. The van der Waals surface area contributed by atoms with Gasteiger partial charge in [0, 0.05) is 17.5 Å². The lowest BCUT2D eigenvalue weighted by Crippen LogP contribution is -2.43. The number of nitrogens with one attached hydrogen (secondary N) is 1. The topological polar surface area (TPSA) is 49.3 Å². The highest BCUT2D eigenvalue weighted by molar-refractivity contribution is 5.97. The third-order valence-electron chi connectivity index (χ3n) is 2.97. The highest BCUT2D eigenvalue weighted by Gasteiger charge is 2.19. The summed E-state index contributed by atoms with van der Waals surface area (Å²) in [6, 6.07) is 7.26. The molecule has 19 heavy (non-hydrogen) atoms. The van der Waals surface area contributed by atoms with E-state index >= 15 is 0 Å². The molecule has 2 N–H and O–H groups in total. The van der Waals surface area contributed by atoms with Gasteiger partial charge in [0.1, 0.15) is 0 Å². The molecule has 0 radical (unpaired) electrons. The molecular formula is C16H21NO2. The van der Waals surface area contributed by atoms with Crippen molar-refractivity contribution in [3.8, 4) is 11.8 Å². The molecule has 0 aliphatic heterocycles. The van der Waals surface area contributed by atoms with Crippen LogP contribution < -0.4 is 5.32 Å². The van der Waals surface area contributed by atoms with Gasteiger partial charge in [-0.25, -0.2) is 0 Å². The predicted molar refractivity (Wildman–Crippen MR) is 76.9 cm³/mol. The Morgan fingerprint density at radius 1 is 1.37 bits per heavy atom. The van der Waals surface area contributed by atoms with Crippen LogP contribution in [0.3, 0.4) is 0 Å². The van der Waals surface area contributed by atoms with Gasteiger partial charge in [0.15, 0.2) is 0 Å². The first-order chi connectivity index (χ1) is 9.00. The average molecular weight is 259 g/mol. The summed E-state index contributed by atoms with van der Waals surface area (Å²) in [4.78, 5) is 12.2. The second kappa shape index (κ2) is 6.96. The second-order valence-electron chi connectivity index (χ2n) is 5.01. The lowest BCUT2D eigenvalue weighted by atomic mass is 10.00. The number of rotatable bonds is 4. The van der Waals surface area contributed by atoms with E-state index in [4.69, 9.17) is 5.11 Å². The van der Waals surface area contributed by atoms with Crippen LogP contribution in [0.1, 0.15) is 49.5 Å². The Bertz CT molecular complexity index is 495. The van der Waals surface area contributed by atoms with Crippen LogP contribution in [0, 0.1) is 11.8 Å². The minimum atomic E-state index is -0.233. The van der Waals surface area contributed by atoms with Gasteiger partial charge in [-0.1, -0.05) is 30.9 Å². The van der Waals surface area contributed by atoms with Gasteiger partial charge in [0.2, 0.25) is 0 Å². The minimum absolute atomic E-state index is 0.0320. The number of benzene rings is 1. The van der Waals surface area contributed by atoms with Crippen LogP contribution in [-0.4, -0.2) is 23.2 Å². The fourth-order valence-electron chi connectivity index (χ4n) is 1.47. The Kier molecular flexibility index (Phi) is 5.59. The molecule has 0 aliphatic carbocycles. The van der Waals surface area contributed by atoms with Crippen molar-refractivity contribution < 1.29 is 9.90 Å². The van der Waals surface area contributed by atoms with Crippen LogP contribution in [0.15, 0.2) is 24.3 Å². The van der Waals surface area contributed by atoms with Crippen molar-refractivity contribution in [1.82, 2.24) is 5.32 Å². The molecule has 0 saturated heterocycles. The standard InChI is InChI=1S/C16H21NO2/c1-4-16(2,3)17-15(19)14-11-6-5-9-13(14)10-7-8-12-18/h5-6,9,11,18H,4,8,12H2,1-3H3,(H,17,19). The van der Waals surface area contributed by atoms with E-state index in [9.17, 15) is 4.79 Å². The molecule has 0 fully saturated rings. The largest absolute Gasteiger partial charge is 0.395 e. The van der Waals surface area contributed by atoms with Gasteiger partial charge >= 0.3 is 0 Å². The molecule has 1 aromatic carbocycles. The molecule has 0 heterocycles. The zero-order valence-electron chi connectivity index (χ0n) is 11.8. The van der Waals surface area contributed by atoms with Crippen LogP contribution in [0.25, 0.3) is 0 Å². The van der Waals surface area contributed by atoms with Gasteiger partial charge in [-0.2, -0.15) is 0 Å². The molecule has 0 spiro atoms. The molecule has 0 bridgehead atoms. The van der Waals surface area contributed by atoms with E-state index in [0.717, 1.165) is 6.42 Å². The molecule has 102 valence electrons. The first kappa shape index (κ1) is 15.3. The molecule has 3 nitrogen and oxygen atoms in total. The maximum Gasteiger partial charge on any atom is 0.252 e. The Morgan fingerprint density at radius 2 is 2.05 bits per heavy atom. The minimum Gasteiger partial charge on any atom is -0.395 e. The summed E-state index contributed by atoms with van der Waals surface area (Å²) in [5.41, 5.74) is 1.04. The fraction of sp³-hybridized carbons (Fsp3) is 0.438. The highest BCUT2D eigenvalue weighted by atomic mass is 16.2. The number of amides is 1. The van der Waals surface area contributed by atoms with Gasteiger partial charge in [-0.15, -0.1) is 0 Å². The maximum absolute atomic E-state index is 12.2. The third kappa shape index (κ3) is 4.76. The number of hydrogen-bond donors (Lipinski definition) is 2. The summed E-state index contributed by atoms with van der Waals surface area (Å²) in [6.45, 7) is 6.05. The van der Waals surface area contributed by atoms with Crippen LogP contribution in [0.2, 0.25) is 0 Å². The van der Waals surface area contributed by atoms with Crippen molar-refractivity contribution in [1.29, 1.82) is 0 Å². The van der Waals surface area contributed by atoms with Gasteiger partial charge in [0.05, 0.1) is 12.2 Å². The summed E-state index contributed by atoms with van der Waals surface area (Å²) in [6.07, 6.45) is 1.27. The molecule has 0 aliphatic rings. The number of hydrogen-bond acceptors (Lipinski definition) is 2. The summed E-state index contributed by atoms with van der Waals surface area (Å²) in [7, 11) is 0. The Balaban J connectivity index is 2.95. The van der Waals surface area contributed by atoms with Crippen LogP contribution in [0.5, 0.6) is 0 Å². The molecule has 1 rings (SSSR count). The summed E-state index contributed by atoms with van der Waals surface area (Å²) >= 11 is 0. The van der Waals surface area contributed by atoms with Crippen molar-refractivity contribution in [2.75, 3.05) is 6.61 Å². The summed E-state index contributed by atoms with van der Waals surface area (Å²) in [5, 5.41) is 11.7. The van der Waals surface area contributed by atoms with E-state index in [-0.39, 0.29) is 18.1 Å². The van der Waals surface area contributed by atoms with Crippen molar-refractivity contribution in [3.63, 3.8) is 0 Å². The number of aliphatic hydroxyl groups is 1. The van der Waals surface area contributed by atoms with Gasteiger partial charge in [0.25, 0.3) is 5.91 Å². The zero-order chi connectivity index (χ0) is 14.3. The fourth-order valence-corrected chi connectivity index (χ4v) is 1.47. The van der Waals surface area contributed by atoms with Crippen LogP contribution in [0.4, 0.5) is 0 Å². The molecular weight excluding hydrogens is 238 g/mol. The van der Waals surface area contributed by atoms with E-state index in [0.29, 0.717) is 17.5 Å². The predicted octanol–water partition coefficient (Wildman–Crippen LogP) is 2.34. The monoisotopic (exact) mass is 259 g/mol. The maximum atomic E-state index is 12.2. The third-order valence-corrected chi connectivity index (χ3v) is 2.97. The first-order valence-electron chi connectivity index (χ1n) is 6.51. The molecule has 0 unspecified atom stereocenters. The smallest absolute Gasteiger partial charge is 0.252 e. The van der Waals surface area contributed by atoms with Gasteiger partial charge in [-0.05, 0) is 32.4 Å². The molecule has 0 saturated carbocycles. The number of aliphatic hydroxyl groups excluding tert-OH is 1. The van der Waals surface area contributed by atoms with E-state index in [1.54, 1.807) is 6.07 Å². The molecule has 3 heteroatoms. The normalized spacial score (nSPS) is 10.5. The molecule has 0 atom stereocenters. The van der Waals surface area contributed by atoms with Gasteiger partial charge in [-0.3, -0.25) is 4.79 Å². The average Bonchev–Trinajstić information content (AvgIpc) is 2.39. The van der Waals surface area contributed by atoms with E-state index in [1.165, 1.54) is 0 Å². The lowest BCUT2D eigenvalue weighted by Gasteiger charge is -2.24. The summed E-state index contributed by atoms with van der Waals surface area (Å²) in [5.74, 6) is 5.66. The quantitative estimate of drug-likeness (QED) is 0.815. The lowest BCUT2D eigenvalue weighted by molar-refractivity contribution is 0.0911. The van der Waals surface area contributed by atoms with Crippen LogP contribution >= 0.6 is 0 Å².